The fourth-order valence-corrected chi connectivity index (χ4v) is 2.01. The van der Waals surface area contributed by atoms with Crippen molar-refractivity contribution >= 4 is 34.6 Å². The van der Waals surface area contributed by atoms with Crippen LogP contribution in [0, 0.1) is 9.39 Å². The minimum Gasteiger partial charge on any atom is -0.478 e. The molecule has 0 heterocycles. The number of hydrogen-bond acceptors (Lipinski definition) is 2. The molecule has 0 aliphatic heterocycles. The number of hydrogen-bond donors (Lipinski definition) is 1. The summed E-state index contributed by atoms with van der Waals surface area (Å²) in [6.07, 6.45) is 2.27. The summed E-state index contributed by atoms with van der Waals surface area (Å²) in [6.45, 7) is 0. The molecule has 2 rings (SSSR count). The zero-order chi connectivity index (χ0) is 14.5. The number of para-hydroxylation sites is 1. The molecule has 2 aromatic carbocycles. The Morgan fingerprint density at radius 3 is 2.60 bits per heavy atom. The molecule has 0 amide bonds. The van der Waals surface area contributed by atoms with Crippen LogP contribution in [0.1, 0.15) is 5.56 Å². The lowest BCUT2D eigenvalue weighted by Gasteiger charge is -2.08. The maximum absolute atomic E-state index is 13.9. The van der Waals surface area contributed by atoms with Crippen molar-refractivity contribution in [1.82, 2.24) is 0 Å². The molecule has 0 saturated carbocycles. The van der Waals surface area contributed by atoms with Crippen LogP contribution in [0.4, 0.5) is 4.39 Å². The smallest absolute Gasteiger partial charge is 0.328 e. The Kier molecular flexibility index (Phi) is 4.73. The van der Waals surface area contributed by atoms with Crippen LogP contribution in [0.3, 0.4) is 0 Å². The van der Waals surface area contributed by atoms with E-state index in [1.54, 1.807) is 18.2 Å². The minimum absolute atomic E-state index is 0.0987. The quantitative estimate of drug-likeness (QED) is 0.631. The van der Waals surface area contributed by atoms with Crippen molar-refractivity contribution < 1.29 is 19.0 Å². The predicted octanol–water partition coefficient (Wildman–Crippen LogP) is 4.32. The van der Waals surface area contributed by atoms with Gasteiger partial charge in [0, 0.05) is 6.08 Å². The SMILES string of the molecule is O=C(O)/C=C/c1ccc(Oc2ccccc2I)c(F)c1. The number of rotatable bonds is 4. The summed E-state index contributed by atoms with van der Waals surface area (Å²) in [5.41, 5.74) is 0.458. The van der Waals surface area contributed by atoms with Gasteiger partial charge in [-0.15, -0.1) is 0 Å². The molecular formula is C15H10FIO3. The summed E-state index contributed by atoms with van der Waals surface area (Å²) in [5.74, 6) is -0.954. The molecule has 20 heavy (non-hydrogen) atoms. The van der Waals surface area contributed by atoms with Crippen LogP contribution < -0.4 is 4.74 Å². The molecule has 0 spiro atoms. The van der Waals surface area contributed by atoms with Gasteiger partial charge in [-0.3, -0.25) is 0 Å². The number of carboxylic acids is 1. The van der Waals surface area contributed by atoms with Crippen LogP contribution in [-0.4, -0.2) is 11.1 Å². The van der Waals surface area contributed by atoms with E-state index in [-0.39, 0.29) is 5.75 Å². The molecule has 0 fully saturated rings. The van der Waals surface area contributed by atoms with Crippen molar-refractivity contribution in [2.75, 3.05) is 0 Å². The first-order valence-electron chi connectivity index (χ1n) is 5.69. The van der Waals surface area contributed by atoms with Crippen molar-refractivity contribution in [3.05, 3.63) is 63.5 Å². The maximum Gasteiger partial charge on any atom is 0.328 e. The molecule has 5 heteroatoms. The van der Waals surface area contributed by atoms with Crippen LogP contribution in [-0.2, 0) is 4.79 Å². The zero-order valence-corrected chi connectivity index (χ0v) is 12.4. The first-order valence-corrected chi connectivity index (χ1v) is 6.77. The van der Waals surface area contributed by atoms with E-state index in [9.17, 15) is 9.18 Å². The van der Waals surface area contributed by atoms with Crippen LogP contribution in [0.25, 0.3) is 6.08 Å². The fraction of sp³-hybridized carbons (Fsp3) is 0. The van der Waals surface area contributed by atoms with Gasteiger partial charge < -0.3 is 9.84 Å². The van der Waals surface area contributed by atoms with Gasteiger partial charge in [-0.2, -0.15) is 0 Å². The van der Waals surface area contributed by atoms with E-state index in [2.05, 4.69) is 22.6 Å². The molecule has 0 radical (unpaired) electrons. The van der Waals surface area contributed by atoms with Gasteiger partial charge in [0.05, 0.1) is 3.57 Å². The van der Waals surface area contributed by atoms with E-state index in [1.807, 2.05) is 12.1 Å². The Hall–Kier alpha value is -1.89. The maximum atomic E-state index is 13.9. The third kappa shape index (κ3) is 3.80. The lowest BCUT2D eigenvalue weighted by molar-refractivity contribution is -0.131. The highest BCUT2D eigenvalue weighted by Crippen LogP contribution is 2.28. The average Bonchev–Trinajstić information content (AvgIpc) is 2.41. The molecule has 0 atom stereocenters. The van der Waals surface area contributed by atoms with Gasteiger partial charge in [0.2, 0.25) is 0 Å². The first-order chi connectivity index (χ1) is 9.56. The molecule has 0 aromatic heterocycles. The summed E-state index contributed by atoms with van der Waals surface area (Å²) in [5, 5.41) is 8.52. The highest BCUT2D eigenvalue weighted by atomic mass is 127. The van der Waals surface area contributed by atoms with E-state index in [1.165, 1.54) is 18.2 Å². The summed E-state index contributed by atoms with van der Waals surface area (Å²) in [7, 11) is 0. The normalized spacial score (nSPS) is 10.7. The summed E-state index contributed by atoms with van der Waals surface area (Å²) in [4.78, 5) is 10.4. The lowest BCUT2D eigenvalue weighted by Crippen LogP contribution is -1.91. The van der Waals surface area contributed by atoms with Crippen molar-refractivity contribution in [2.45, 2.75) is 0 Å². The van der Waals surface area contributed by atoms with Crippen molar-refractivity contribution in [3.63, 3.8) is 0 Å². The summed E-state index contributed by atoms with van der Waals surface area (Å²) in [6, 6.07) is 11.6. The molecule has 0 bridgehead atoms. The topological polar surface area (TPSA) is 46.5 Å². The Labute approximate surface area is 128 Å². The Balaban J connectivity index is 2.22. The number of carboxylic acid groups (broad SMARTS) is 1. The van der Waals surface area contributed by atoms with E-state index in [0.717, 1.165) is 9.65 Å². The van der Waals surface area contributed by atoms with Gasteiger partial charge >= 0.3 is 5.97 Å². The summed E-state index contributed by atoms with van der Waals surface area (Å²) >= 11 is 2.10. The second-order valence-electron chi connectivity index (χ2n) is 3.89. The second kappa shape index (κ2) is 6.51. The monoisotopic (exact) mass is 384 g/mol. The Bertz CT molecular complexity index is 668. The predicted molar refractivity (Wildman–Crippen MR) is 82.3 cm³/mol. The van der Waals surface area contributed by atoms with Crippen molar-refractivity contribution in [2.24, 2.45) is 0 Å². The van der Waals surface area contributed by atoms with Gasteiger partial charge in [-0.25, -0.2) is 9.18 Å². The Morgan fingerprint density at radius 1 is 1.20 bits per heavy atom. The molecule has 0 saturated heterocycles. The van der Waals surface area contributed by atoms with E-state index in [0.29, 0.717) is 11.3 Å². The lowest BCUT2D eigenvalue weighted by atomic mass is 10.2. The molecule has 0 aliphatic carbocycles. The highest BCUT2D eigenvalue weighted by Gasteiger charge is 2.07. The molecule has 0 unspecified atom stereocenters. The standard InChI is InChI=1S/C15H10FIO3/c16-11-9-10(6-8-15(18)19)5-7-13(11)20-14-4-2-1-3-12(14)17/h1-9H,(H,18,19)/b8-6+. The number of aliphatic carboxylic acids is 1. The zero-order valence-electron chi connectivity index (χ0n) is 10.2. The van der Waals surface area contributed by atoms with Crippen LogP contribution in [0.2, 0.25) is 0 Å². The Morgan fingerprint density at radius 2 is 1.95 bits per heavy atom. The third-order valence-corrected chi connectivity index (χ3v) is 3.32. The van der Waals surface area contributed by atoms with Crippen LogP contribution >= 0.6 is 22.6 Å². The van der Waals surface area contributed by atoms with Gasteiger partial charge in [0.1, 0.15) is 5.75 Å². The second-order valence-corrected chi connectivity index (χ2v) is 5.06. The molecule has 0 aliphatic rings. The third-order valence-electron chi connectivity index (χ3n) is 2.43. The number of ether oxygens (including phenoxy) is 1. The highest BCUT2D eigenvalue weighted by molar-refractivity contribution is 14.1. The van der Waals surface area contributed by atoms with Crippen molar-refractivity contribution in [1.29, 1.82) is 0 Å². The van der Waals surface area contributed by atoms with E-state index in [4.69, 9.17) is 9.84 Å². The van der Waals surface area contributed by atoms with Crippen LogP contribution in [0.15, 0.2) is 48.5 Å². The largest absolute Gasteiger partial charge is 0.478 e. The molecule has 1 N–H and O–H groups in total. The van der Waals surface area contributed by atoms with Crippen molar-refractivity contribution in [3.8, 4) is 11.5 Å². The molecule has 2 aromatic rings. The van der Waals surface area contributed by atoms with Crippen LogP contribution in [0.5, 0.6) is 11.5 Å². The minimum atomic E-state index is -1.08. The number of benzene rings is 2. The van der Waals surface area contributed by atoms with Gasteiger partial charge in [-0.05, 0) is 58.5 Å². The molecule has 3 nitrogen and oxygen atoms in total. The van der Waals surface area contributed by atoms with Gasteiger partial charge in [0.25, 0.3) is 0 Å². The molecule has 102 valence electrons. The average molecular weight is 384 g/mol. The number of halogens is 2. The summed E-state index contributed by atoms with van der Waals surface area (Å²) < 4.78 is 20.3. The van der Waals surface area contributed by atoms with Gasteiger partial charge in [-0.1, -0.05) is 18.2 Å². The fourth-order valence-electron chi connectivity index (χ4n) is 1.52. The van der Waals surface area contributed by atoms with E-state index >= 15 is 0 Å². The van der Waals surface area contributed by atoms with E-state index < -0.39 is 11.8 Å². The molecular weight excluding hydrogens is 374 g/mol. The number of carbonyl (C=O) groups is 1. The first kappa shape index (κ1) is 14.5. The van der Waals surface area contributed by atoms with Gasteiger partial charge in [0.15, 0.2) is 11.6 Å².